The molecule has 0 bridgehead atoms. The van der Waals surface area contributed by atoms with Gasteiger partial charge in [0.05, 0.1) is 12.8 Å². The molecule has 0 radical (unpaired) electrons. The Hall–Kier alpha value is -2.99. The number of aryl methyl sites for hydroxylation is 1. The fourth-order valence-electron chi connectivity index (χ4n) is 2.08. The Morgan fingerprint density at radius 3 is 2.65 bits per heavy atom. The van der Waals surface area contributed by atoms with Crippen LogP contribution in [-0.2, 0) is 10.0 Å². The summed E-state index contributed by atoms with van der Waals surface area (Å²) in [5.74, 6) is 0.182. The molecular formula is C14H14N6O4S2. The fourth-order valence-corrected chi connectivity index (χ4v) is 4.33. The molecule has 0 aromatic carbocycles. The van der Waals surface area contributed by atoms with Crippen molar-refractivity contribution in [3.05, 3.63) is 41.8 Å². The maximum Gasteiger partial charge on any atom is 0.335 e. The standard InChI is InChI=1S/C14H14N6O4S2/c1-9-15-12(18-14(16-9)24-2)17-13(21)19-26(22,23)11-10(5-8-25-11)20-6-3-4-7-20/h3-8H,1-2H3,(H2,15,16,17,18,19,21). The van der Waals surface area contributed by atoms with E-state index in [1.54, 1.807) is 47.5 Å². The van der Waals surface area contributed by atoms with Crippen LogP contribution in [0.4, 0.5) is 10.7 Å². The molecule has 2 amide bonds. The van der Waals surface area contributed by atoms with Gasteiger partial charge in [-0.3, -0.25) is 5.32 Å². The monoisotopic (exact) mass is 394 g/mol. The molecule has 0 aliphatic heterocycles. The van der Waals surface area contributed by atoms with Crippen molar-refractivity contribution in [3.8, 4) is 11.7 Å². The molecule has 0 spiro atoms. The molecule has 3 heterocycles. The second-order valence-corrected chi connectivity index (χ2v) is 7.73. The molecule has 136 valence electrons. The number of hydrogen-bond acceptors (Lipinski definition) is 8. The first-order chi connectivity index (χ1) is 12.4. The van der Waals surface area contributed by atoms with Gasteiger partial charge in [0, 0.05) is 12.4 Å². The summed E-state index contributed by atoms with van der Waals surface area (Å²) in [6.45, 7) is 1.58. The molecular weight excluding hydrogens is 380 g/mol. The normalized spacial score (nSPS) is 11.2. The van der Waals surface area contributed by atoms with Crippen molar-refractivity contribution in [2.45, 2.75) is 11.1 Å². The minimum atomic E-state index is -4.09. The lowest BCUT2D eigenvalue weighted by Crippen LogP contribution is -2.35. The molecule has 2 N–H and O–H groups in total. The molecule has 0 aliphatic rings. The van der Waals surface area contributed by atoms with E-state index in [4.69, 9.17) is 4.74 Å². The van der Waals surface area contributed by atoms with Gasteiger partial charge in [0.1, 0.15) is 5.82 Å². The molecule has 26 heavy (non-hydrogen) atoms. The summed E-state index contributed by atoms with van der Waals surface area (Å²) in [6, 6.07) is 4.19. The predicted octanol–water partition coefficient (Wildman–Crippen LogP) is 1.55. The topological polar surface area (TPSA) is 128 Å². The van der Waals surface area contributed by atoms with Gasteiger partial charge in [-0.05, 0) is 30.5 Å². The third-order valence-electron chi connectivity index (χ3n) is 3.10. The van der Waals surface area contributed by atoms with E-state index in [1.807, 2.05) is 4.72 Å². The van der Waals surface area contributed by atoms with Gasteiger partial charge >= 0.3 is 12.0 Å². The van der Waals surface area contributed by atoms with Crippen LogP contribution in [0.25, 0.3) is 5.69 Å². The number of anilines is 1. The summed E-state index contributed by atoms with van der Waals surface area (Å²) in [6.07, 6.45) is 3.42. The van der Waals surface area contributed by atoms with Crippen LogP contribution < -0.4 is 14.8 Å². The lowest BCUT2D eigenvalue weighted by Gasteiger charge is -2.09. The number of methoxy groups -OCH3 is 1. The summed E-state index contributed by atoms with van der Waals surface area (Å²) in [4.78, 5) is 23.7. The number of thiophene rings is 1. The molecule has 10 nitrogen and oxygen atoms in total. The zero-order chi connectivity index (χ0) is 18.7. The van der Waals surface area contributed by atoms with E-state index in [2.05, 4.69) is 20.3 Å². The lowest BCUT2D eigenvalue weighted by molar-refractivity contribution is 0.256. The number of nitrogens with zero attached hydrogens (tertiary/aromatic N) is 4. The molecule has 0 unspecified atom stereocenters. The van der Waals surface area contributed by atoms with Crippen molar-refractivity contribution in [1.82, 2.24) is 24.2 Å². The minimum absolute atomic E-state index is 0.00353. The van der Waals surface area contributed by atoms with Gasteiger partial charge in [-0.1, -0.05) is 0 Å². The number of aromatic nitrogens is 4. The van der Waals surface area contributed by atoms with Crippen molar-refractivity contribution < 1.29 is 17.9 Å². The Balaban J connectivity index is 1.79. The van der Waals surface area contributed by atoms with Gasteiger partial charge in [-0.2, -0.15) is 15.0 Å². The van der Waals surface area contributed by atoms with E-state index < -0.39 is 16.1 Å². The summed E-state index contributed by atoms with van der Waals surface area (Å²) in [5.41, 5.74) is 0.443. The van der Waals surface area contributed by atoms with E-state index in [0.717, 1.165) is 11.3 Å². The summed E-state index contributed by atoms with van der Waals surface area (Å²) >= 11 is 0.999. The van der Waals surface area contributed by atoms with Gasteiger partial charge in [0.25, 0.3) is 10.0 Å². The molecule has 0 fully saturated rings. The summed E-state index contributed by atoms with van der Waals surface area (Å²) in [7, 11) is -2.72. The third-order valence-corrected chi connectivity index (χ3v) is 5.89. The van der Waals surface area contributed by atoms with E-state index in [9.17, 15) is 13.2 Å². The van der Waals surface area contributed by atoms with Crippen LogP contribution >= 0.6 is 11.3 Å². The van der Waals surface area contributed by atoms with Crippen molar-refractivity contribution >= 4 is 33.3 Å². The third kappa shape index (κ3) is 3.81. The molecule has 0 saturated carbocycles. The van der Waals surface area contributed by atoms with Crippen LogP contribution in [0.15, 0.2) is 40.2 Å². The molecule has 3 rings (SSSR count). The van der Waals surface area contributed by atoms with Crippen LogP contribution in [0.1, 0.15) is 5.82 Å². The highest BCUT2D eigenvalue weighted by Gasteiger charge is 2.24. The largest absolute Gasteiger partial charge is 0.467 e. The van der Waals surface area contributed by atoms with Crippen molar-refractivity contribution in [2.75, 3.05) is 12.4 Å². The van der Waals surface area contributed by atoms with Gasteiger partial charge in [-0.25, -0.2) is 17.9 Å². The number of carbonyl (C=O) groups excluding carboxylic acids is 1. The van der Waals surface area contributed by atoms with Crippen LogP contribution in [-0.4, -0.2) is 41.1 Å². The second-order valence-electron chi connectivity index (χ2n) is 4.94. The zero-order valence-electron chi connectivity index (χ0n) is 13.7. The Morgan fingerprint density at radius 1 is 1.23 bits per heavy atom. The number of hydrogen-bond donors (Lipinski definition) is 2. The quantitative estimate of drug-likeness (QED) is 0.672. The highest BCUT2D eigenvalue weighted by atomic mass is 32.2. The van der Waals surface area contributed by atoms with E-state index in [0.29, 0.717) is 11.5 Å². The number of ether oxygens (including phenoxy) is 1. The van der Waals surface area contributed by atoms with E-state index >= 15 is 0 Å². The number of sulfonamides is 1. The second kappa shape index (κ2) is 7.09. The summed E-state index contributed by atoms with van der Waals surface area (Å²) in [5, 5.41) is 3.88. The van der Waals surface area contributed by atoms with Crippen LogP contribution in [0, 0.1) is 6.92 Å². The molecule has 0 atom stereocenters. The fraction of sp³-hybridized carbons (Fsp3) is 0.143. The maximum atomic E-state index is 12.5. The SMILES string of the molecule is COc1nc(C)nc(NC(=O)NS(=O)(=O)c2sccc2-n2cccc2)n1. The zero-order valence-corrected chi connectivity index (χ0v) is 15.3. The van der Waals surface area contributed by atoms with Gasteiger partial charge in [0.2, 0.25) is 5.95 Å². The molecule has 0 saturated heterocycles. The van der Waals surface area contributed by atoms with Crippen LogP contribution in [0.3, 0.4) is 0 Å². The van der Waals surface area contributed by atoms with E-state index in [-0.39, 0.29) is 16.2 Å². The van der Waals surface area contributed by atoms with E-state index in [1.165, 1.54) is 7.11 Å². The lowest BCUT2D eigenvalue weighted by atomic mass is 10.5. The Morgan fingerprint density at radius 2 is 1.96 bits per heavy atom. The first-order valence-electron chi connectivity index (χ1n) is 7.20. The minimum Gasteiger partial charge on any atom is -0.467 e. The average molecular weight is 394 g/mol. The first kappa shape index (κ1) is 17.8. The highest BCUT2D eigenvalue weighted by Crippen LogP contribution is 2.26. The Bertz CT molecular complexity index is 1030. The van der Waals surface area contributed by atoms with Crippen molar-refractivity contribution in [2.24, 2.45) is 0 Å². The number of nitrogens with one attached hydrogen (secondary N) is 2. The van der Waals surface area contributed by atoms with Crippen LogP contribution in [0.2, 0.25) is 0 Å². The highest BCUT2D eigenvalue weighted by molar-refractivity contribution is 7.92. The van der Waals surface area contributed by atoms with Gasteiger partial charge in [-0.15, -0.1) is 11.3 Å². The predicted molar refractivity (Wildman–Crippen MR) is 94.1 cm³/mol. The Labute approximate surface area is 152 Å². The Kier molecular flexibility index (Phi) is 4.86. The maximum absolute atomic E-state index is 12.5. The summed E-state index contributed by atoms with van der Waals surface area (Å²) < 4.78 is 33.6. The first-order valence-corrected chi connectivity index (χ1v) is 9.56. The molecule has 3 aromatic heterocycles. The van der Waals surface area contributed by atoms with Crippen LogP contribution in [0.5, 0.6) is 6.01 Å². The molecule has 0 aliphatic carbocycles. The van der Waals surface area contributed by atoms with Crippen molar-refractivity contribution in [1.29, 1.82) is 0 Å². The number of urea groups is 1. The number of amides is 2. The number of carbonyl (C=O) groups is 1. The molecule has 3 aromatic rings. The van der Waals surface area contributed by atoms with Crippen molar-refractivity contribution in [3.63, 3.8) is 0 Å². The molecule has 12 heteroatoms. The number of rotatable bonds is 5. The van der Waals surface area contributed by atoms with Gasteiger partial charge < -0.3 is 9.30 Å². The van der Waals surface area contributed by atoms with Gasteiger partial charge in [0.15, 0.2) is 4.21 Å². The smallest absolute Gasteiger partial charge is 0.335 e. The average Bonchev–Trinajstić information content (AvgIpc) is 3.24.